The molecule has 4 aromatic rings. The number of carboxylic acid groups (broad SMARTS) is 2. The Hall–Kier alpha value is -6.79. The number of halogens is 2. The fourth-order valence-corrected chi connectivity index (χ4v) is 26.3. The SMILES string of the molecule is CC(C)C1=C2[C@H]3CCC4[C@@]5(C)CC[C@H](OC(=O)CC(C)(C)C(=O)O)C(C)(C)C5CC[C@@]4(C)[C@]3(C)CC[C@@]2(c2nnc(-c3cc(CC(C)(CC(=O)O[C@H]4CC[C@@]5(C)C(CC[C@]6(C)[C@@H]5CC[C@@H]5C7=C(C(C)C)C(=O)C[C@]7(c7nnc(-c8ccc(F)cn8)o7)CC[C@]56C)C4(C)C)C(=O)O)ccc3F)o2)CC1=O. The summed E-state index contributed by atoms with van der Waals surface area (Å²) in [5.41, 5.74) is -1.34. The Bertz CT molecular complexity index is 4280. The fourth-order valence-electron chi connectivity index (χ4n) is 26.3. The number of hydrogen-bond acceptors (Lipinski definition) is 15. The minimum absolute atomic E-state index is 0.00237. The molecule has 104 heavy (non-hydrogen) atoms. The number of ketones is 2. The largest absolute Gasteiger partial charge is 0.481 e. The van der Waals surface area contributed by atoms with E-state index in [1.165, 1.54) is 29.8 Å². The average molecular weight is 1430 g/mol. The Kier molecular flexibility index (Phi) is 17.5. The van der Waals surface area contributed by atoms with Crippen LogP contribution in [-0.2, 0) is 55.5 Å². The molecular weight excluding hydrogens is 1320 g/mol. The second-order valence-electron chi connectivity index (χ2n) is 38.8. The zero-order chi connectivity index (χ0) is 75.2. The van der Waals surface area contributed by atoms with Gasteiger partial charge in [0.05, 0.1) is 46.3 Å². The normalized spacial score (nSPS) is 37.5. The van der Waals surface area contributed by atoms with Crippen LogP contribution in [-0.4, -0.2) is 83.2 Å². The molecule has 17 atom stereocenters. The predicted octanol–water partition coefficient (Wildman–Crippen LogP) is 18.0. The summed E-state index contributed by atoms with van der Waals surface area (Å²) >= 11 is 0. The van der Waals surface area contributed by atoms with Gasteiger partial charge in [0, 0.05) is 23.7 Å². The molecule has 17 nitrogen and oxygen atoms in total. The molecule has 0 spiro atoms. The molecule has 3 aromatic heterocycles. The Labute approximate surface area is 611 Å². The van der Waals surface area contributed by atoms with E-state index in [1.807, 2.05) is 0 Å². The number of Topliss-reactive ketones (excluding diaryl/α,β-unsaturated/α-hetero) is 2. The number of allylic oxidation sites excluding steroid dienone is 4. The molecule has 10 aliphatic carbocycles. The Morgan fingerprint density at radius 3 is 1.47 bits per heavy atom. The lowest BCUT2D eigenvalue weighted by molar-refractivity contribution is -0.232. The number of ether oxygens (including phenoxy) is 2. The number of esters is 2. The molecule has 0 bridgehead atoms. The molecule has 3 heterocycles. The molecule has 8 fully saturated rings. The van der Waals surface area contributed by atoms with Crippen molar-refractivity contribution in [2.24, 2.45) is 101 Å². The van der Waals surface area contributed by atoms with Gasteiger partial charge in [0.25, 0.3) is 11.8 Å². The van der Waals surface area contributed by atoms with Crippen LogP contribution in [0.2, 0.25) is 0 Å². The molecule has 0 radical (unpaired) electrons. The Morgan fingerprint density at radius 1 is 0.548 bits per heavy atom. The summed E-state index contributed by atoms with van der Waals surface area (Å²) in [7, 11) is 0. The highest BCUT2D eigenvalue weighted by atomic mass is 19.1. The van der Waals surface area contributed by atoms with E-state index in [0.29, 0.717) is 54.7 Å². The zero-order valence-electron chi connectivity index (χ0n) is 64.6. The summed E-state index contributed by atoms with van der Waals surface area (Å²) in [6.07, 6.45) is 13.4. The third-order valence-corrected chi connectivity index (χ3v) is 32.0. The molecule has 4 unspecified atom stereocenters. The van der Waals surface area contributed by atoms with Gasteiger partial charge in [-0.15, -0.1) is 20.4 Å². The molecule has 10 aliphatic rings. The van der Waals surface area contributed by atoms with E-state index in [-0.39, 0.29) is 140 Å². The maximum Gasteiger partial charge on any atom is 0.310 e. The second-order valence-corrected chi connectivity index (χ2v) is 38.8. The summed E-state index contributed by atoms with van der Waals surface area (Å²) in [5.74, 6) is -2.20. The van der Waals surface area contributed by atoms with E-state index in [1.54, 1.807) is 26.8 Å². The molecule has 2 N–H and O–H groups in total. The highest BCUT2D eigenvalue weighted by Crippen LogP contribution is 2.79. The molecule has 0 saturated heterocycles. The van der Waals surface area contributed by atoms with Crippen LogP contribution in [0.4, 0.5) is 8.78 Å². The van der Waals surface area contributed by atoms with Gasteiger partial charge in [-0.3, -0.25) is 28.8 Å². The minimum atomic E-state index is -1.65. The van der Waals surface area contributed by atoms with Gasteiger partial charge in [0.15, 0.2) is 11.6 Å². The summed E-state index contributed by atoms with van der Waals surface area (Å²) in [5, 5.41) is 39.2. The van der Waals surface area contributed by atoms with E-state index < -0.39 is 75.1 Å². The maximum atomic E-state index is 16.5. The highest BCUT2D eigenvalue weighted by molar-refractivity contribution is 6.02. The molecule has 562 valence electrons. The quantitative estimate of drug-likeness (QED) is 0.0989. The van der Waals surface area contributed by atoms with Gasteiger partial charge in [-0.2, -0.15) is 0 Å². The van der Waals surface area contributed by atoms with E-state index in [9.17, 15) is 43.4 Å². The number of aromatic nitrogens is 5. The topological polar surface area (TPSA) is 252 Å². The number of carbonyl (C=O) groups is 6. The highest BCUT2D eigenvalue weighted by Gasteiger charge is 2.74. The van der Waals surface area contributed by atoms with E-state index in [4.69, 9.17) is 23.4 Å². The fraction of sp³-hybridized carbons (Fsp3) is 0.706. The first-order chi connectivity index (χ1) is 48.5. The first-order valence-electron chi connectivity index (χ1n) is 39.0. The van der Waals surface area contributed by atoms with Crippen LogP contribution in [0.3, 0.4) is 0 Å². The molecule has 14 rings (SSSR count). The standard InChI is InChI=1S/C85H111F2N5O12/c1-45(2)64-54(93)40-84(36-34-80(14)50(66(64)84)20-24-58-78(12)30-28-60(101-62(95)42-74(5,6)72(97)98)75(7,8)56(78)26-32-82(58,80)16)70-91-89-68(103-70)49-38-47(18-22-52(49)87)39-77(11,73(99)100)43-63(96)102-61-29-31-79(13)57(76(61,9)10)27-33-83(17)59(79)25-21-51-67-65(46(3)4)55(94)41-85(67,37-35-81(51,83)15)71-92-90-69(104-71)53-23-19-48(86)44-88-53/h18-19,22-23,38,44-46,50-51,56-61H,20-21,24-37,39-43H2,1-17H3,(H,97,98)(H,99,100)/t50-,51-,56?,57?,58?,59-,60+,61+,77?,78+,79+,80-,81-,82-,83-,84-,85-/m1/s1. The monoisotopic (exact) mass is 1430 g/mol. The number of nitrogens with zero attached hydrogens (tertiary/aromatic N) is 5. The number of rotatable bonds is 16. The smallest absolute Gasteiger partial charge is 0.310 e. The zero-order valence-corrected chi connectivity index (χ0v) is 64.6. The van der Waals surface area contributed by atoms with Gasteiger partial charge in [-0.05, 0) is 262 Å². The first kappa shape index (κ1) is 74.1. The Balaban J connectivity index is 0.663. The van der Waals surface area contributed by atoms with Crippen LogP contribution in [0.5, 0.6) is 0 Å². The molecular formula is C85H111F2N5O12. The third-order valence-electron chi connectivity index (χ3n) is 32.0. The molecule has 0 amide bonds. The van der Waals surface area contributed by atoms with Crippen molar-refractivity contribution in [2.75, 3.05) is 0 Å². The average Bonchev–Trinajstić information content (AvgIpc) is 1.37. The van der Waals surface area contributed by atoms with E-state index in [0.717, 1.165) is 100.0 Å². The van der Waals surface area contributed by atoms with Crippen LogP contribution in [0.25, 0.3) is 23.0 Å². The van der Waals surface area contributed by atoms with Crippen LogP contribution in [0.1, 0.15) is 263 Å². The number of aliphatic carboxylic acids is 2. The molecule has 8 saturated carbocycles. The lowest BCUT2D eigenvalue weighted by atomic mass is 9.33. The lowest BCUT2D eigenvalue weighted by Gasteiger charge is -2.72. The van der Waals surface area contributed by atoms with Crippen molar-refractivity contribution in [2.45, 2.75) is 276 Å². The van der Waals surface area contributed by atoms with Crippen molar-refractivity contribution < 1.29 is 66.1 Å². The molecule has 1 aromatic carbocycles. The Morgan fingerprint density at radius 2 is 1.02 bits per heavy atom. The van der Waals surface area contributed by atoms with Crippen LogP contribution in [0.15, 0.2) is 67.7 Å². The number of carbonyl (C=O) groups excluding carboxylic acids is 4. The van der Waals surface area contributed by atoms with Crippen LogP contribution >= 0.6 is 0 Å². The summed E-state index contributed by atoms with van der Waals surface area (Å²) in [4.78, 5) is 86.9. The first-order valence-corrected chi connectivity index (χ1v) is 39.0. The molecule has 19 heteroatoms. The van der Waals surface area contributed by atoms with Crippen molar-refractivity contribution in [1.82, 2.24) is 25.4 Å². The van der Waals surface area contributed by atoms with Crippen molar-refractivity contribution in [1.29, 1.82) is 0 Å². The van der Waals surface area contributed by atoms with Gasteiger partial charge in [-0.25, -0.2) is 13.8 Å². The number of pyridine rings is 1. The van der Waals surface area contributed by atoms with Crippen molar-refractivity contribution in [3.8, 4) is 23.0 Å². The number of carboxylic acids is 2. The van der Waals surface area contributed by atoms with Crippen molar-refractivity contribution in [3.63, 3.8) is 0 Å². The van der Waals surface area contributed by atoms with Crippen LogP contribution in [0, 0.1) is 113 Å². The summed E-state index contributed by atoms with van der Waals surface area (Å²) in [6, 6.07) is 7.21. The van der Waals surface area contributed by atoms with E-state index in [2.05, 4.69) is 117 Å². The summed E-state index contributed by atoms with van der Waals surface area (Å²) in [6.45, 7) is 36.8. The number of hydrogen-bond donors (Lipinski definition) is 2. The predicted molar refractivity (Wildman–Crippen MR) is 384 cm³/mol. The van der Waals surface area contributed by atoms with Gasteiger partial charge >= 0.3 is 23.9 Å². The van der Waals surface area contributed by atoms with Crippen molar-refractivity contribution in [3.05, 3.63) is 87.8 Å². The number of fused-ring (bicyclic) bond motifs is 14. The van der Waals surface area contributed by atoms with Crippen molar-refractivity contribution >= 4 is 35.4 Å². The van der Waals surface area contributed by atoms with Crippen LogP contribution < -0.4 is 0 Å². The van der Waals surface area contributed by atoms with E-state index >= 15 is 4.39 Å². The van der Waals surface area contributed by atoms with Gasteiger partial charge in [-0.1, -0.05) is 103 Å². The van der Waals surface area contributed by atoms with Gasteiger partial charge in [0.1, 0.15) is 29.5 Å². The lowest BCUT2D eigenvalue weighted by Crippen LogP contribution is -2.66. The minimum Gasteiger partial charge on any atom is -0.481 e. The second kappa shape index (κ2) is 24.6. The number of benzene rings is 1. The van der Waals surface area contributed by atoms with Gasteiger partial charge < -0.3 is 28.5 Å². The third kappa shape index (κ3) is 10.7. The molecule has 0 aliphatic heterocycles. The summed E-state index contributed by atoms with van der Waals surface area (Å²) < 4.78 is 56.5. The van der Waals surface area contributed by atoms with Gasteiger partial charge in [0.2, 0.25) is 11.8 Å². The maximum absolute atomic E-state index is 16.5.